The Hall–Kier alpha value is -3.03. The summed E-state index contributed by atoms with van der Waals surface area (Å²) >= 11 is 3.14. The maximum Gasteiger partial charge on any atom is 0.305 e. The van der Waals surface area contributed by atoms with Gasteiger partial charge in [-0.15, -0.1) is 11.3 Å². The molecular formula is C39H57FN4O6S2. The number of thiazole rings is 1. The molecule has 2 heterocycles. The Morgan fingerprint density at radius 3 is 2.23 bits per heavy atom. The number of likely N-dealkylation sites (tertiary alicyclic amines) is 1. The summed E-state index contributed by atoms with van der Waals surface area (Å²) in [5, 5.41) is 16.3. The van der Waals surface area contributed by atoms with Crippen LogP contribution >= 0.6 is 23.1 Å². The first-order valence-corrected chi connectivity index (χ1v) is 20.7. The number of aryl methyl sites for hydroxylation is 1. The minimum Gasteiger partial charge on any atom is -0.469 e. The molecule has 1 saturated carbocycles. The SMILES string of the molecule is COC(=O)CCCCCCCCCCCCSC(C)(C)C(NC(=O)C1(F)CC1)C(=O)N1C[C@H](O)C[C@H]1C(=O)NCc1ccc(-c2scnc2C)cc1. The van der Waals surface area contributed by atoms with Gasteiger partial charge in [-0.05, 0) is 63.3 Å². The highest BCUT2D eigenvalue weighted by Crippen LogP contribution is 2.41. The Morgan fingerprint density at radius 2 is 1.65 bits per heavy atom. The van der Waals surface area contributed by atoms with Gasteiger partial charge in [0.2, 0.25) is 11.8 Å². The van der Waals surface area contributed by atoms with Gasteiger partial charge in [-0.25, -0.2) is 9.37 Å². The molecule has 4 rings (SSSR count). The van der Waals surface area contributed by atoms with Gasteiger partial charge in [0, 0.05) is 30.7 Å². The number of carbonyl (C=O) groups excluding carboxylic acids is 4. The van der Waals surface area contributed by atoms with Crippen LogP contribution < -0.4 is 10.6 Å². The lowest BCUT2D eigenvalue weighted by Crippen LogP contribution is -2.61. The molecular weight excluding hydrogens is 704 g/mol. The van der Waals surface area contributed by atoms with Crippen molar-refractivity contribution in [2.24, 2.45) is 0 Å². The number of halogens is 1. The Balaban J connectivity index is 1.26. The largest absolute Gasteiger partial charge is 0.469 e. The van der Waals surface area contributed by atoms with Crippen LogP contribution in [0.4, 0.5) is 4.39 Å². The summed E-state index contributed by atoms with van der Waals surface area (Å²) < 4.78 is 18.8. The van der Waals surface area contributed by atoms with E-state index < -0.39 is 40.4 Å². The number of rotatable bonds is 22. The molecule has 1 aromatic carbocycles. The van der Waals surface area contributed by atoms with Gasteiger partial charge in [0.15, 0.2) is 5.67 Å². The molecule has 1 saturated heterocycles. The fraction of sp³-hybridized carbons (Fsp3) is 0.667. The Kier molecular flexibility index (Phi) is 15.9. The molecule has 0 radical (unpaired) electrons. The summed E-state index contributed by atoms with van der Waals surface area (Å²) in [6.45, 7) is 5.93. The zero-order valence-corrected chi connectivity index (χ0v) is 32.8. The van der Waals surface area contributed by atoms with Crippen LogP contribution in [0.25, 0.3) is 10.4 Å². The number of methoxy groups -OCH3 is 1. The van der Waals surface area contributed by atoms with Crippen LogP contribution in [0.3, 0.4) is 0 Å². The normalized spacial score (nSPS) is 18.5. The molecule has 13 heteroatoms. The smallest absolute Gasteiger partial charge is 0.305 e. The molecule has 1 aromatic heterocycles. The zero-order chi connectivity index (χ0) is 37.7. The Labute approximate surface area is 316 Å². The zero-order valence-electron chi connectivity index (χ0n) is 31.2. The van der Waals surface area contributed by atoms with Crippen LogP contribution in [-0.2, 0) is 30.5 Å². The Morgan fingerprint density at radius 1 is 1.04 bits per heavy atom. The molecule has 3 amide bonds. The van der Waals surface area contributed by atoms with Gasteiger partial charge >= 0.3 is 5.97 Å². The topological polar surface area (TPSA) is 138 Å². The van der Waals surface area contributed by atoms with E-state index in [9.17, 15) is 28.7 Å². The number of aliphatic hydroxyl groups excluding tert-OH is 1. The fourth-order valence-electron chi connectivity index (χ4n) is 6.57. The number of amides is 3. The van der Waals surface area contributed by atoms with Gasteiger partial charge < -0.3 is 25.4 Å². The second-order valence-electron chi connectivity index (χ2n) is 14.8. The van der Waals surface area contributed by atoms with Crippen LogP contribution in [-0.4, -0.2) is 86.7 Å². The number of alkyl halides is 1. The first kappa shape index (κ1) is 41.7. The van der Waals surface area contributed by atoms with E-state index in [0.29, 0.717) is 6.42 Å². The quantitative estimate of drug-likeness (QED) is 0.0896. The highest BCUT2D eigenvalue weighted by atomic mass is 32.2. The minimum atomic E-state index is -1.96. The number of nitrogens with zero attached hydrogens (tertiary/aromatic N) is 2. The predicted molar refractivity (Wildman–Crippen MR) is 205 cm³/mol. The molecule has 3 atom stereocenters. The molecule has 0 bridgehead atoms. The number of esters is 1. The van der Waals surface area contributed by atoms with E-state index in [0.717, 1.165) is 72.4 Å². The standard InChI is InChI=1S/C39H57FN4O6S2/c1-27-33(51-26-42-27)29-18-16-28(17-19-29)24-41-35(47)31-23-30(45)25-44(31)36(48)34(43-37(49)39(40)20-21-39)38(2,3)52-22-14-12-10-8-6-5-7-9-11-13-15-32(46)50-4/h16-19,26,30-31,34,45H,5-15,20-25H2,1-4H3,(H,41,47)(H,43,49)/t30-,31+,34?/m1/s1. The number of aliphatic hydroxyl groups is 1. The number of ether oxygens (including phenoxy) is 1. The van der Waals surface area contributed by atoms with E-state index in [4.69, 9.17) is 0 Å². The molecule has 2 fully saturated rings. The van der Waals surface area contributed by atoms with E-state index in [1.165, 1.54) is 31.3 Å². The number of benzene rings is 1. The lowest BCUT2D eigenvalue weighted by atomic mass is 10.00. The predicted octanol–water partition coefficient (Wildman–Crippen LogP) is 6.66. The summed E-state index contributed by atoms with van der Waals surface area (Å²) in [7, 11) is 1.42. The second-order valence-corrected chi connectivity index (χ2v) is 17.4. The van der Waals surface area contributed by atoms with E-state index in [1.807, 2.05) is 50.5 Å². The van der Waals surface area contributed by atoms with E-state index in [-0.39, 0.29) is 44.2 Å². The molecule has 288 valence electrons. The molecule has 52 heavy (non-hydrogen) atoms. The van der Waals surface area contributed by atoms with Crippen LogP contribution in [0.1, 0.15) is 115 Å². The number of β-amino-alcohol motifs (C(OH)–C–C–N with tert-alkyl or cyclic N) is 1. The van der Waals surface area contributed by atoms with Crippen molar-refractivity contribution in [3.63, 3.8) is 0 Å². The summed E-state index contributed by atoms with van der Waals surface area (Å²) in [6, 6.07) is 5.87. The Bertz CT molecular complexity index is 1480. The van der Waals surface area contributed by atoms with Crippen LogP contribution in [0.5, 0.6) is 0 Å². The summed E-state index contributed by atoms with van der Waals surface area (Å²) in [6.07, 6.45) is 10.8. The average molecular weight is 761 g/mol. The number of nitrogens with one attached hydrogen (secondary N) is 2. The van der Waals surface area contributed by atoms with Crippen molar-refractivity contribution >= 4 is 46.8 Å². The number of carbonyl (C=O) groups is 4. The number of aromatic nitrogens is 1. The molecule has 0 spiro atoms. The summed E-state index contributed by atoms with van der Waals surface area (Å²) in [4.78, 5) is 58.6. The van der Waals surface area contributed by atoms with Crippen molar-refractivity contribution < 1.29 is 33.4 Å². The molecule has 1 aliphatic carbocycles. The number of hydrogen-bond donors (Lipinski definition) is 3. The third kappa shape index (κ3) is 12.3. The lowest BCUT2D eigenvalue weighted by molar-refractivity contribution is -0.143. The molecule has 2 aromatic rings. The minimum absolute atomic E-state index is 0.0405. The van der Waals surface area contributed by atoms with Crippen LogP contribution in [0.2, 0.25) is 0 Å². The highest BCUT2D eigenvalue weighted by Gasteiger charge is 2.54. The fourth-order valence-corrected chi connectivity index (χ4v) is 8.58. The van der Waals surface area contributed by atoms with E-state index in [2.05, 4.69) is 20.4 Å². The van der Waals surface area contributed by atoms with Crippen molar-refractivity contribution in [3.8, 4) is 10.4 Å². The van der Waals surface area contributed by atoms with Crippen LogP contribution in [0, 0.1) is 6.92 Å². The number of unbranched alkanes of at least 4 members (excludes halogenated alkanes) is 9. The van der Waals surface area contributed by atoms with E-state index >= 15 is 0 Å². The van der Waals surface area contributed by atoms with Gasteiger partial charge in [-0.3, -0.25) is 19.2 Å². The lowest BCUT2D eigenvalue weighted by Gasteiger charge is -2.37. The average Bonchev–Trinajstić information content (AvgIpc) is 3.53. The van der Waals surface area contributed by atoms with Crippen molar-refractivity contribution in [1.29, 1.82) is 0 Å². The molecule has 1 aliphatic heterocycles. The third-order valence-electron chi connectivity index (χ3n) is 10.1. The van der Waals surface area contributed by atoms with Gasteiger partial charge in [0.05, 0.1) is 29.3 Å². The first-order valence-electron chi connectivity index (χ1n) is 18.8. The summed E-state index contributed by atoms with van der Waals surface area (Å²) in [5.74, 6) is -1.04. The third-order valence-corrected chi connectivity index (χ3v) is 12.5. The highest BCUT2D eigenvalue weighted by molar-refractivity contribution is 8.00. The van der Waals surface area contributed by atoms with Crippen LogP contribution in [0.15, 0.2) is 29.8 Å². The van der Waals surface area contributed by atoms with Crippen molar-refractivity contribution in [2.75, 3.05) is 19.4 Å². The van der Waals surface area contributed by atoms with Gasteiger partial charge in [-0.1, -0.05) is 75.6 Å². The number of thioether (sulfide) groups is 1. The first-order chi connectivity index (χ1) is 24.8. The monoisotopic (exact) mass is 760 g/mol. The van der Waals surface area contributed by atoms with Crippen molar-refractivity contribution in [1.82, 2.24) is 20.5 Å². The molecule has 2 aliphatic rings. The molecule has 3 N–H and O–H groups in total. The van der Waals surface area contributed by atoms with Crippen molar-refractivity contribution in [3.05, 3.63) is 41.0 Å². The maximum atomic E-state index is 14.9. The molecule has 1 unspecified atom stereocenters. The van der Waals surface area contributed by atoms with Crippen molar-refractivity contribution in [2.45, 2.75) is 146 Å². The molecule has 10 nitrogen and oxygen atoms in total. The van der Waals surface area contributed by atoms with E-state index in [1.54, 1.807) is 23.1 Å². The number of hydrogen-bond acceptors (Lipinski definition) is 9. The van der Waals surface area contributed by atoms with Gasteiger partial charge in [-0.2, -0.15) is 11.8 Å². The van der Waals surface area contributed by atoms with Gasteiger partial charge in [0.25, 0.3) is 5.91 Å². The van der Waals surface area contributed by atoms with Gasteiger partial charge in [0.1, 0.15) is 12.1 Å². The maximum absolute atomic E-state index is 14.9. The second kappa shape index (κ2) is 19.9. The summed E-state index contributed by atoms with van der Waals surface area (Å²) in [5.41, 5.74) is 2.75.